The number of ether oxygens (including phenoxy) is 1. The van der Waals surface area contributed by atoms with Crippen LogP contribution in [0.5, 0.6) is 5.75 Å². The maximum absolute atomic E-state index is 13.2. The Morgan fingerprint density at radius 3 is 2.77 bits per heavy atom. The van der Waals surface area contributed by atoms with Crippen molar-refractivity contribution in [3.63, 3.8) is 0 Å². The van der Waals surface area contributed by atoms with Crippen molar-refractivity contribution >= 4 is 0 Å². The summed E-state index contributed by atoms with van der Waals surface area (Å²) in [4.78, 5) is 10.7. The number of hydrogen-bond donors (Lipinski definition) is 0. The van der Waals surface area contributed by atoms with E-state index >= 15 is 0 Å². The molecule has 3 aromatic rings. The Labute approximate surface area is 152 Å². The maximum atomic E-state index is 13.2. The zero-order chi connectivity index (χ0) is 17.8. The van der Waals surface area contributed by atoms with Crippen LogP contribution in [-0.4, -0.2) is 32.6 Å². The van der Waals surface area contributed by atoms with Crippen LogP contribution >= 0.6 is 0 Å². The zero-order valence-electron chi connectivity index (χ0n) is 14.5. The van der Waals surface area contributed by atoms with E-state index in [1.165, 1.54) is 17.8 Å². The Morgan fingerprint density at radius 1 is 1.08 bits per heavy atom. The van der Waals surface area contributed by atoms with Gasteiger partial charge in [-0.15, -0.1) is 0 Å². The van der Waals surface area contributed by atoms with E-state index in [9.17, 15) is 4.39 Å². The molecule has 4 rings (SSSR count). The van der Waals surface area contributed by atoms with Gasteiger partial charge < -0.3 is 9.30 Å². The summed E-state index contributed by atoms with van der Waals surface area (Å²) >= 11 is 0. The normalized spacial score (nSPS) is 17.5. The number of pyridine rings is 1. The molecule has 0 amide bonds. The highest BCUT2D eigenvalue weighted by Crippen LogP contribution is 2.20. The third kappa shape index (κ3) is 4.08. The minimum absolute atomic E-state index is 0.203. The van der Waals surface area contributed by atoms with Crippen LogP contribution in [0.1, 0.15) is 11.3 Å². The molecule has 0 aliphatic carbocycles. The lowest BCUT2D eigenvalue weighted by Gasteiger charge is -2.24. The Hall–Kier alpha value is -2.73. The molecule has 1 atom stereocenters. The smallest absolute Gasteiger partial charge is 0.137 e. The summed E-state index contributed by atoms with van der Waals surface area (Å²) in [5.41, 5.74) is 2.29. The van der Waals surface area contributed by atoms with Crippen LogP contribution in [0.3, 0.4) is 0 Å². The highest BCUT2D eigenvalue weighted by atomic mass is 19.1. The molecular weight excluding hydrogens is 331 g/mol. The van der Waals surface area contributed by atoms with Crippen LogP contribution in [0.4, 0.5) is 4.39 Å². The van der Waals surface area contributed by atoms with Crippen molar-refractivity contribution in [3.05, 3.63) is 78.4 Å². The quantitative estimate of drug-likeness (QED) is 0.708. The van der Waals surface area contributed by atoms with E-state index in [1.807, 2.05) is 36.8 Å². The molecule has 0 fully saturated rings. The van der Waals surface area contributed by atoms with Crippen molar-refractivity contribution in [2.45, 2.75) is 19.6 Å². The molecule has 26 heavy (non-hydrogen) atoms. The minimum atomic E-state index is -0.203. The van der Waals surface area contributed by atoms with Crippen molar-refractivity contribution in [3.8, 4) is 5.75 Å². The van der Waals surface area contributed by atoms with Crippen LogP contribution in [-0.2, 0) is 19.6 Å². The second kappa shape index (κ2) is 7.66. The summed E-state index contributed by atoms with van der Waals surface area (Å²) in [5.74, 6) is 0.907. The molecule has 1 aliphatic rings. The average molecular weight is 352 g/mol. The number of aromatic nitrogens is 3. The van der Waals surface area contributed by atoms with Gasteiger partial charge in [-0.05, 0) is 29.8 Å². The number of fused-ring (bicyclic) bond motifs is 1. The van der Waals surface area contributed by atoms with Gasteiger partial charge in [-0.3, -0.25) is 9.88 Å². The maximum Gasteiger partial charge on any atom is 0.137 e. The topological polar surface area (TPSA) is 43.2 Å². The minimum Gasteiger partial charge on any atom is -0.492 e. The summed E-state index contributed by atoms with van der Waals surface area (Å²) in [6, 6.07) is 10.5. The first-order chi connectivity index (χ1) is 12.8. The van der Waals surface area contributed by atoms with Crippen LogP contribution in [0, 0.1) is 11.7 Å². The van der Waals surface area contributed by atoms with Gasteiger partial charge in [0.2, 0.25) is 0 Å². The predicted molar refractivity (Wildman–Crippen MR) is 96.0 cm³/mol. The van der Waals surface area contributed by atoms with E-state index in [1.54, 1.807) is 12.4 Å². The summed E-state index contributed by atoms with van der Waals surface area (Å²) in [5, 5.41) is 0. The van der Waals surface area contributed by atoms with E-state index < -0.39 is 0 Å². The monoisotopic (exact) mass is 352 g/mol. The average Bonchev–Trinajstić information content (AvgIpc) is 3.02. The van der Waals surface area contributed by atoms with Gasteiger partial charge in [-0.1, -0.05) is 12.1 Å². The van der Waals surface area contributed by atoms with E-state index in [2.05, 4.69) is 19.4 Å². The fourth-order valence-electron chi connectivity index (χ4n) is 3.36. The summed E-state index contributed by atoms with van der Waals surface area (Å²) in [7, 11) is 0. The Morgan fingerprint density at radius 2 is 1.96 bits per heavy atom. The van der Waals surface area contributed by atoms with Crippen molar-refractivity contribution in [2.75, 3.05) is 13.2 Å². The third-order valence-corrected chi connectivity index (χ3v) is 4.59. The molecular formula is C20H21FN4O. The third-order valence-electron chi connectivity index (χ3n) is 4.59. The molecule has 2 aromatic heterocycles. The SMILES string of the molecule is Fc1ccc(CN2Cc3cncn3C[C@H](COc3cccnc3)C2)cc1. The standard InChI is InChI=1S/C20H21FN4O/c21-18-5-3-16(4-6-18)10-24-11-17(12-25-15-23-8-19(25)13-24)14-26-20-2-1-7-22-9-20/h1-9,15,17H,10-14H2/t17-/m1/s1. The fourth-order valence-corrected chi connectivity index (χ4v) is 3.36. The molecule has 0 N–H and O–H groups in total. The lowest BCUT2D eigenvalue weighted by atomic mass is 10.1. The number of nitrogens with zero attached hydrogens (tertiary/aromatic N) is 4. The van der Waals surface area contributed by atoms with Gasteiger partial charge in [0.05, 0.1) is 24.8 Å². The largest absolute Gasteiger partial charge is 0.492 e. The molecule has 134 valence electrons. The highest BCUT2D eigenvalue weighted by Gasteiger charge is 2.22. The molecule has 3 heterocycles. The zero-order valence-corrected chi connectivity index (χ0v) is 14.5. The number of benzene rings is 1. The lowest BCUT2D eigenvalue weighted by Crippen LogP contribution is -2.30. The molecule has 5 nitrogen and oxygen atoms in total. The molecule has 0 radical (unpaired) electrons. The second-order valence-corrected chi connectivity index (χ2v) is 6.70. The molecule has 6 heteroatoms. The number of rotatable bonds is 5. The molecule has 1 aromatic carbocycles. The molecule has 0 saturated carbocycles. The molecule has 0 bridgehead atoms. The first-order valence-corrected chi connectivity index (χ1v) is 8.75. The van der Waals surface area contributed by atoms with Crippen molar-refractivity contribution in [2.24, 2.45) is 5.92 Å². The fraction of sp³-hybridized carbons (Fsp3) is 0.300. The van der Waals surface area contributed by atoms with Gasteiger partial charge in [-0.25, -0.2) is 9.37 Å². The number of hydrogen-bond acceptors (Lipinski definition) is 4. The van der Waals surface area contributed by atoms with Gasteiger partial charge in [-0.2, -0.15) is 0 Å². The van der Waals surface area contributed by atoms with Gasteiger partial charge in [0.25, 0.3) is 0 Å². The van der Waals surface area contributed by atoms with Gasteiger partial charge in [0.15, 0.2) is 0 Å². The second-order valence-electron chi connectivity index (χ2n) is 6.70. The van der Waals surface area contributed by atoms with Crippen molar-refractivity contribution < 1.29 is 9.13 Å². The number of halogens is 1. The summed E-state index contributed by atoms with van der Waals surface area (Å²) < 4.78 is 21.3. The highest BCUT2D eigenvalue weighted by molar-refractivity contribution is 5.17. The lowest BCUT2D eigenvalue weighted by molar-refractivity contribution is 0.167. The van der Waals surface area contributed by atoms with Gasteiger partial charge in [0, 0.05) is 44.5 Å². The Kier molecular flexibility index (Phi) is 4.93. The molecule has 0 unspecified atom stereocenters. The summed E-state index contributed by atoms with van der Waals surface area (Å²) in [6.45, 7) is 3.98. The van der Waals surface area contributed by atoms with Crippen molar-refractivity contribution in [1.29, 1.82) is 0 Å². The molecule has 0 saturated heterocycles. The van der Waals surface area contributed by atoms with Crippen LogP contribution in [0.25, 0.3) is 0 Å². The molecule has 0 spiro atoms. The van der Waals surface area contributed by atoms with Crippen molar-refractivity contribution in [1.82, 2.24) is 19.4 Å². The first-order valence-electron chi connectivity index (χ1n) is 8.75. The van der Waals surface area contributed by atoms with E-state index in [0.29, 0.717) is 12.5 Å². The van der Waals surface area contributed by atoms with Gasteiger partial charge in [0.1, 0.15) is 11.6 Å². The van der Waals surface area contributed by atoms with Crippen LogP contribution in [0.2, 0.25) is 0 Å². The van der Waals surface area contributed by atoms with Crippen LogP contribution in [0.15, 0.2) is 61.3 Å². The predicted octanol–water partition coefficient (Wildman–Crippen LogP) is 3.13. The van der Waals surface area contributed by atoms with E-state index in [4.69, 9.17) is 4.74 Å². The Balaban J connectivity index is 1.47. The van der Waals surface area contributed by atoms with E-state index in [0.717, 1.165) is 37.5 Å². The van der Waals surface area contributed by atoms with Gasteiger partial charge >= 0.3 is 0 Å². The first kappa shape index (κ1) is 16.7. The van der Waals surface area contributed by atoms with Crippen LogP contribution < -0.4 is 4.74 Å². The Bertz CT molecular complexity index is 835. The number of imidazole rings is 1. The van der Waals surface area contributed by atoms with E-state index in [-0.39, 0.29) is 5.82 Å². The summed E-state index contributed by atoms with van der Waals surface area (Å²) in [6.07, 6.45) is 7.27. The molecule has 1 aliphatic heterocycles.